The lowest BCUT2D eigenvalue weighted by Gasteiger charge is -2.19. The molecule has 1 aliphatic rings. The molecule has 1 amide bonds. The zero-order valence-corrected chi connectivity index (χ0v) is 12.6. The maximum atomic E-state index is 11.8. The third-order valence-corrected chi connectivity index (χ3v) is 4.45. The van der Waals surface area contributed by atoms with Gasteiger partial charge in [-0.3, -0.25) is 5.32 Å². The fourth-order valence-electron chi connectivity index (χ4n) is 2.66. The van der Waals surface area contributed by atoms with E-state index in [1.165, 1.54) is 43.6 Å². The molecule has 0 atom stereocenters. The predicted molar refractivity (Wildman–Crippen MR) is 84.0 cm³/mol. The summed E-state index contributed by atoms with van der Waals surface area (Å²) in [5.74, 6) is 1.09. The van der Waals surface area contributed by atoms with Crippen molar-refractivity contribution in [1.82, 2.24) is 4.37 Å². The van der Waals surface area contributed by atoms with E-state index in [2.05, 4.69) is 9.69 Å². The number of hydrogen-bond donors (Lipinski definition) is 1. The number of carbonyl (C=O) groups is 1. The Bertz CT molecular complexity index is 591. The van der Waals surface area contributed by atoms with Crippen LogP contribution in [0.1, 0.15) is 43.7 Å². The van der Waals surface area contributed by atoms with Gasteiger partial charge in [-0.15, -0.1) is 0 Å². The number of para-hydroxylation sites is 1. The summed E-state index contributed by atoms with van der Waals surface area (Å²) < 4.78 is 9.67. The molecule has 3 rings (SSSR count). The van der Waals surface area contributed by atoms with Crippen molar-refractivity contribution in [2.45, 2.75) is 38.0 Å². The highest BCUT2D eigenvalue weighted by Crippen LogP contribution is 2.34. The molecule has 1 aliphatic carbocycles. The van der Waals surface area contributed by atoms with Crippen molar-refractivity contribution in [2.75, 3.05) is 5.32 Å². The molecule has 0 spiro atoms. The van der Waals surface area contributed by atoms with E-state index in [0.717, 1.165) is 10.7 Å². The molecular weight excluding hydrogens is 284 g/mol. The van der Waals surface area contributed by atoms with E-state index in [4.69, 9.17) is 4.74 Å². The van der Waals surface area contributed by atoms with Gasteiger partial charge in [0.2, 0.25) is 0 Å². The molecule has 0 unspecified atom stereocenters. The Morgan fingerprint density at radius 3 is 2.71 bits per heavy atom. The van der Waals surface area contributed by atoms with Gasteiger partial charge in [-0.2, -0.15) is 4.37 Å². The number of ether oxygens (including phenoxy) is 1. The molecule has 0 saturated heterocycles. The quantitative estimate of drug-likeness (QED) is 0.886. The lowest BCUT2D eigenvalue weighted by Crippen LogP contribution is -2.15. The Balaban J connectivity index is 1.57. The van der Waals surface area contributed by atoms with Crippen molar-refractivity contribution in [3.8, 4) is 5.75 Å². The summed E-state index contributed by atoms with van der Waals surface area (Å²) in [4.78, 5) is 11.8. The van der Waals surface area contributed by atoms with Gasteiger partial charge < -0.3 is 4.74 Å². The maximum absolute atomic E-state index is 11.8. The minimum absolute atomic E-state index is 0.472. The first-order valence-corrected chi connectivity index (χ1v) is 8.09. The highest BCUT2D eigenvalue weighted by molar-refractivity contribution is 7.10. The Morgan fingerprint density at radius 1 is 1.19 bits per heavy atom. The molecule has 0 aliphatic heterocycles. The average Bonchev–Trinajstić information content (AvgIpc) is 2.97. The Morgan fingerprint density at radius 2 is 1.95 bits per heavy atom. The molecule has 4 nitrogen and oxygen atoms in total. The lowest BCUT2D eigenvalue weighted by molar-refractivity contribution is 0.215. The van der Waals surface area contributed by atoms with Crippen molar-refractivity contribution in [3.63, 3.8) is 0 Å². The van der Waals surface area contributed by atoms with Gasteiger partial charge in [-0.1, -0.05) is 37.5 Å². The lowest BCUT2D eigenvalue weighted by atomic mass is 9.87. The molecule has 5 heteroatoms. The Kier molecular flexibility index (Phi) is 4.50. The van der Waals surface area contributed by atoms with Gasteiger partial charge in [0.1, 0.15) is 10.8 Å². The summed E-state index contributed by atoms with van der Waals surface area (Å²) in [6, 6.07) is 11.0. The zero-order chi connectivity index (χ0) is 14.5. The highest BCUT2D eigenvalue weighted by atomic mass is 32.1. The second kappa shape index (κ2) is 6.72. The van der Waals surface area contributed by atoms with Crippen molar-refractivity contribution in [2.24, 2.45) is 0 Å². The Hall–Kier alpha value is -1.88. The number of hydrogen-bond acceptors (Lipinski definition) is 4. The number of amides is 1. The third-order valence-electron chi connectivity index (χ3n) is 3.73. The van der Waals surface area contributed by atoms with E-state index in [9.17, 15) is 4.79 Å². The molecule has 110 valence electrons. The highest BCUT2D eigenvalue weighted by Gasteiger charge is 2.19. The third kappa shape index (κ3) is 3.82. The van der Waals surface area contributed by atoms with Gasteiger partial charge in [0.25, 0.3) is 0 Å². The number of anilines is 1. The van der Waals surface area contributed by atoms with Crippen LogP contribution in [0.25, 0.3) is 0 Å². The van der Waals surface area contributed by atoms with E-state index in [1.807, 2.05) is 24.3 Å². The van der Waals surface area contributed by atoms with E-state index >= 15 is 0 Å². The summed E-state index contributed by atoms with van der Waals surface area (Å²) in [5, 5.41) is 3.49. The van der Waals surface area contributed by atoms with E-state index in [1.54, 1.807) is 12.1 Å². The molecular formula is C16H18N2O2S. The first kappa shape index (κ1) is 14.1. The van der Waals surface area contributed by atoms with Gasteiger partial charge in [0.05, 0.1) is 5.69 Å². The number of rotatable bonds is 3. The fraction of sp³-hybridized carbons (Fsp3) is 0.375. The number of carbonyl (C=O) groups excluding carboxylic acids is 1. The minimum atomic E-state index is -0.472. The van der Waals surface area contributed by atoms with Crippen LogP contribution in [0, 0.1) is 0 Å². The fourth-order valence-corrected chi connectivity index (χ4v) is 3.37. The summed E-state index contributed by atoms with van der Waals surface area (Å²) in [6.45, 7) is 0. The minimum Gasteiger partial charge on any atom is -0.410 e. The van der Waals surface area contributed by atoms with Gasteiger partial charge in [0.15, 0.2) is 0 Å². The van der Waals surface area contributed by atoms with Crippen LogP contribution in [0.15, 0.2) is 36.4 Å². The average molecular weight is 302 g/mol. The summed E-state index contributed by atoms with van der Waals surface area (Å²) in [7, 11) is 0. The van der Waals surface area contributed by atoms with Gasteiger partial charge in [-0.25, -0.2) is 4.79 Å². The smallest absolute Gasteiger partial charge is 0.410 e. The molecule has 21 heavy (non-hydrogen) atoms. The van der Waals surface area contributed by atoms with E-state index in [-0.39, 0.29) is 0 Å². The van der Waals surface area contributed by atoms with Crippen molar-refractivity contribution in [1.29, 1.82) is 0 Å². The molecule has 1 aromatic carbocycles. The molecule has 1 aromatic heterocycles. The number of aromatic nitrogens is 1. The summed E-state index contributed by atoms with van der Waals surface area (Å²) >= 11 is 1.32. The summed E-state index contributed by atoms with van der Waals surface area (Å²) in [5.41, 5.74) is 1.11. The molecule has 0 bridgehead atoms. The van der Waals surface area contributed by atoms with Crippen LogP contribution in [0.5, 0.6) is 5.75 Å². The predicted octanol–water partition coefficient (Wildman–Crippen LogP) is 4.80. The Labute approximate surface area is 128 Å². The largest absolute Gasteiger partial charge is 0.417 e. The molecule has 1 fully saturated rings. The zero-order valence-electron chi connectivity index (χ0n) is 11.7. The summed E-state index contributed by atoms with van der Waals surface area (Å²) in [6.07, 6.45) is 5.83. The van der Waals surface area contributed by atoms with Crippen molar-refractivity contribution < 1.29 is 9.53 Å². The van der Waals surface area contributed by atoms with Crippen LogP contribution >= 0.6 is 11.5 Å². The van der Waals surface area contributed by atoms with Crippen molar-refractivity contribution in [3.05, 3.63) is 42.1 Å². The van der Waals surface area contributed by atoms with Crippen LogP contribution in [-0.2, 0) is 0 Å². The normalized spacial score (nSPS) is 15.6. The van der Waals surface area contributed by atoms with Gasteiger partial charge >= 0.3 is 6.09 Å². The van der Waals surface area contributed by atoms with Crippen molar-refractivity contribution >= 4 is 22.6 Å². The van der Waals surface area contributed by atoms with E-state index < -0.39 is 6.09 Å². The number of benzene rings is 1. The number of nitrogens with zero attached hydrogens (tertiary/aromatic N) is 1. The standard InChI is InChI=1S/C16H18N2O2S/c19-16(20-13-9-5-2-6-10-13)17-15-11-14(18-21-15)12-7-3-1-4-8-12/h2,5-6,9-12H,1,3-4,7-8H2,(H,17,19). The van der Waals surface area contributed by atoms with Crippen LogP contribution in [0.2, 0.25) is 0 Å². The van der Waals surface area contributed by atoms with E-state index in [0.29, 0.717) is 11.7 Å². The SMILES string of the molecule is O=C(Nc1cc(C2CCCCC2)ns1)Oc1ccccc1. The topological polar surface area (TPSA) is 51.2 Å². The van der Waals surface area contributed by atoms with Crippen LogP contribution < -0.4 is 10.1 Å². The monoisotopic (exact) mass is 302 g/mol. The van der Waals surface area contributed by atoms with Crippen LogP contribution in [-0.4, -0.2) is 10.5 Å². The second-order valence-electron chi connectivity index (χ2n) is 5.28. The second-order valence-corrected chi connectivity index (χ2v) is 6.08. The van der Waals surface area contributed by atoms with Crippen LogP contribution in [0.3, 0.4) is 0 Å². The first-order valence-electron chi connectivity index (χ1n) is 7.32. The van der Waals surface area contributed by atoms with Gasteiger partial charge in [0, 0.05) is 5.92 Å². The van der Waals surface area contributed by atoms with Gasteiger partial charge in [-0.05, 0) is 42.6 Å². The molecule has 0 radical (unpaired) electrons. The molecule has 1 heterocycles. The molecule has 2 aromatic rings. The molecule has 1 N–H and O–H groups in total. The van der Waals surface area contributed by atoms with Crippen LogP contribution in [0.4, 0.5) is 9.80 Å². The maximum Gasteiger partial charge on any atom is 0.417 e. The first-order chi connectivity index (χ1) is 10.3. The molecule has 1 saturated carbocycles. The number of nitrogens with one attached hydrogen (secondary N) is 1.